The number of nitro benzene ring substituents is 1. The van der Waals surface area contributed by atoms with Gasteiger partial charge in [0, 0.05) is 37.8 Å². The molecule has 1 N–H and O–H groups in total. The van der Waals surface area contributed by atoms with Crippen molar-refractivity contribution in [3.05, 3.63) is 34.4 Å². The van der Waals surface area contributed by atoms with Crippen LogP contribution in [0.25, 0.3) is 0 Å². The first kappa shape index (κ1) is 14.3. The summed E-state index contributed by atoms with van der Waals surface area (Å²) in [4.78, 5) is 23.8. The second kappa shape index (κ2) is 6.33. The van der Waals surface area contributed by atoms with Gasteiger partial charge in [0.1, 0.15) is 5.75 Å². The molecule has 1 amide bonds. The van der Waals surface area contributed by atoms with Crippen LogP contribution in [0.5, 0.6) is 5.75 Å². The average Bonchev–Trinajstić information content (AvgIpc) is 2.45. The Bertz CT molecular complexity index is 489. The summed E-state index contributed by atoms with van der Waals surface area (Å²) in [5.41, 5.74) is -0.000552. The van der Waals surface area contributed by atoms with Gasteiger partial charge in [-0.2, -0.15) is 0 Å². The van der Waals surface area contributed by atoms with E-state index < -0.39 is 4.92 Å². The van der Waals surface area contributed by atoms with Crippen molar-refractivity contribution in [3.8, 4) is 5.75 Å². The summed E-state index contributed by atoms with van der Waals surface area (Å²) in [7, 11) is 0. The highest BCUT2D eigenvalue weighted by Crippen LogP contribution is 2.17. The highest BCUT2D eigenvalue weighted by atomic mass is 16.6. The number of nitro groups is 1. The van der Waals surface area contributed by atoms with E-state index in [0.29, 0.717) is 12.3 Å². The van der Waals surface area contributed by atoms with E-state index in [2.05, 4.69) is 5.32 Å². The van der Waals surface area contributed by atoms with Crippen LogP contribution in [-0.2, 0) is 4.79 Å². The fourth-order valence-corrected chi connectivity index (χ4v) is 2.10. The molecule has 0 unspecified atom stereocenters. The van der Waals surface area contributed by atoms with Crippen molar-refractivity contribution in [2.45, 2.75) is 13.0 Å². The van der Waals surface area contributed by atoms with Gasteiger partial charge in [-0.3, -0.25) is 14.9 Å². The molecule has 0 bridgehead atoms. The minimum atomic E-state index is -0.475. The third-order valence-corrected chi connectivity index (χ3v) is 3.23. The molecule has 0 radical (unpaired) electrons. The third kappa shape index (κ3) is 3.45. The molecule has 0 aromatic heterocycles. The number of benzene rings is 1. The minimum Gasteiger partial charge on any atom is -0.484 e. The number of hydrogen-bond donors (Lipinski definition) is 1. The summed E-state index contributed by atoms with van der Waals surface area (Å²) < 4.78 is 5.37. The van der Waals surface area contributed by atoms with Crippen molar-refractivity contribution in [2.24, 2.45) is 0 Å². The van der Waals surface area contributed by atoms with Crippen LogP contribution >= 0.6 is 0 Å². The summed E-state index contributed by atoms with van der Waals surface area (Å²) in [5.74, 6) is 0.379. The van der Waals surface area contributed by atoms with Gasteiger partial charge in [-0.05, 0) is 19.1 Å². The summed E-state index contributed by atoms with van der Waals surface area (Å²) >= 11 is 0. The van der Waals surface area contributed by atoms with Gasteiger partial charge in [-0.1, -0.05) is 0 Å². The number of non-ortho nitro benzene ring substituents is 1. The second-order valence-corrected chi connectivity index (χ2v) is 4.68. The molecule has 1 atom stereocenters. The van der Waals surface area contributed by atoms with Gasteiger partial charge in [0.15, 0.2) is 6.61 Å². The fourth-order valence-electron chi connectivity index (χ4n) is 2.10. The summed E-state index contributed by atoms with van der Waals surface area (Å²) in [6.07, 6.45) is 0. The van der Waals surface area contributed by atoms with Crippen molar-refractivity contribution >= 4 is 11.6 Å². The number of amides is 1. The van der Waals surface area contributed by atoms with Gasteiger partial charge in [0.25, 0.3) is 11.6 Å². The Morgan fingerprint density at radius 2 is 2.20 bits per heavy atom. The van der Waals surface area contributed by atoms with Gasteiger partial charge in [0.05, 0.1) is 4.92 Å². The molecule has 0 aliphatic carbocycles. The van der Waals surface area contributed by atoms with E-state index in [1.165, 1.54) is 24.3 Å². The lowest BCUT2D eigenvalue weighted by Crippen LogP contribution is -2.53. The van der Waals surface area contributed by atoms with E-state index in [1.54, 1.807) is 4.90 Å². The van der Waals surface area contributed by atoms with E-state index in [9.17, 15) is 14.9 Å². The molecule has 1 aromatic carbocycles. The monoisotopic (exact) mass is 279 g/mol. The van der Waals surface area contributed by atoms with Crippen LogP contribution in [0.1, 0.15) is 6.92 Å². The maximum atomic E-state index is 12.0. The number of nitrogens with zero attached hydrogens (tertiary/aromatic N) is 2. The second-order valence-electron chi connectivity index (χ2n) is 4.68. The molecule has 7 heteroatoms. The largest absolute Gasteiger partial charge is 0.484 e. The molecule has 1 aliphatic heterocycles. The van der Waals surface area contributed by atoms with E-state index >= 15 is 0 Å². The van der Waals surface area contributed by atoms with Crippen LogP contribution in [0, 0.1) is 10.1 Å². The Hall–Kier alpha value is -2.15. The Morgan fingerprint density at radius 1 is 1.50 bits per heavy atom. The molecule has 0 saturated carbocycles. The number of hydrogen-bond acceptors (Lipinski definition) is 5. The Morgan fingerprint density at radius 3 is 2.80 bits per heavy atom. The molecule has 2 rings (SSSR count). The number of carbonyl (C=O) groups is 1. The number of carbonyl (C=O) groups excluding carboxylic acids is 1. The topological polar surface area (TPSA) is 84.7 Å². The zero-order valence-corrected chi connectivity index (χ0v) is 11.2. The van der Waals surface area contributed by atoms with Crippen molar-refractivity contribution in [1.82, 2.24) is 10.2 Å². The molecular weight excluding hydrogens is 262 g/mol. The van der Waals surface area contributed by atoms with Crippen LogP contribution in [0.15, 0.2) is 24.3 Å². The maximum absolute atomic E-state index is 12.0. The van der Waals surface area contributed by atoms with Crippen molar-refractivity contribution in [3.63, 3.8) is 0 Å². The van der Waals surface area contributed by atoms with E-state index in [-0.39, 0.29) is 24.2 Å². The van der Waals surface area contributed by atoms with Gasteiger partial charge >= 0.3 is 0 Å². The van der Waals surface area contributed by atoms with E-state index in [0.717, 1.165) is 13.1 Å². The lowest BCUT2D eigenvalue weighted by Gasteiger charge is -2.33. The van der Waals surface area contributed by atoms with Gasteiger partial charge in [0.2, 0.25) is 0 Å². The zero-order valence-electron chi connectivity index (χ0n) is 11.2. The predicted molar refractivity (Wildman–Crippen MR) is 72.6 cm³/mol. The van der Waals surface area contributed by atoms with Crippen molar-refractivity contribution < 1.29 is 14.5 Å². The van der Waals surface area contributed by atoms with Crippen LogP contribution in [0.2, 0.25) is 0 Å². The number of nitrogens with one attached hydrogen (secondary N) is 1. The zero-order chi connectivity index (χ0) is 14.5. The molecule has 108 valence electrons. The molecule has 1 heterocycles. The summed E-state index contributed by atoms with van der Waals surface area (Å²) in [5, 5.41) is 13.7. The molecular formula is C13H17N3O4. The smallest absolute Gasteiger partial charge is 0.269 e. The first-order chi connectivity index (χ1) is 9.58. The summed E-state index contributed by atoms with van der Waals surface area (Å²) in [6, 6.07) is 5.84. The fraction of sp³-hybridized carbons (Fsp3) is 0.462. The highest BCUT2D eigenvalue weighted by Gasteiger charge is 2.23. The molecule has 7 nitrogen and oxygen atoms in total. The third-order valence-electron chi connectivity index (χ3n) is 3.23. The quantitative estimate of drug-likeness (QED) is 0.650. The van der Waals surface area contributed by atoms with Gasteiger partial charge < -0.3 is 15.0 Å². The number of ether oxygens (including phenoxy) is 1. The van der Waals surface area contributed by atoms with Crippen LogP contribution < -0.4 is 10.1 Å². The normalized spacial score (nSPS) is 18.6. The van der Waals surface area contributed by atoms with Crippen molar-refractivity contribution in [2.75, 3.05) is 26.2 Å². The lowest BCUT2D eigenvalue weighted by atomic mass is 10.2. The molecule has 0 spiro atoms. The maximum Gasteiger partial charge on any atom is 0.269 e. The molecule has 1 fully saturated rings. The molecule has 1 saturated heterocycles. The molecule has 20 heavy (non-hydrogen) atoms. The Balaban J connectivity index is 1.88. The number of piperazine rings is 1. The van der Waals surface area contributed by atoms with Gasteiger partial charge in [-0.25, -0.2) is 0 Å². The van der Waals surface area contributed by atoms with Crippen LogP contribution in [0.4, 0.5) is 5.69 Å². The van der Waals surface area contributed by atoms with E-state index in [4.69, 9.17) is 4.74 Å². The highest BCUT2D eigenvalue weighted by molar-refractivity contribution is 5.78. The molecule has 1 aliphatic rings. The van der Waals surface area contributed by atoms with E-state index in [1.807, 2.05) is 6.92 Å². The Kier molecular flexibility index (Phi) is 4.52. The standard InChI is InChI=1S/C13H17N3O4/c1-10-8-14-6-7-15(10)13(17)9-20-12-4-2-11(3-5-12)16(18)19/h2-5,10,14H,6-9H2,1H3/t10-/m0/s1. The lowest BCUT2D eigenvalue weighted by molar-refractivity contribution is -0.384. The summed E-state index contributed by atoms with van der Waals surface area (Å²) in [6.45, 7) is 4.17. The minimum absolute atomic E-state index is 0.000552. The first-order valence-electron chi connectivity index (χ1n) is 6.45. The number of rotatable bonds is 4. The van der Waals surface area contributed by atoms with Gasteiger partial charge in [-0.15, -0.1) is 0 Å². The average molecular weight is 279 g/mol. The first-order valence-corrected chi connectivity index (χ1v) is 6.45. The van der Waals surface area contributed by atoms with Crippen LogP contribution in [-0.4, -0.2) is 48.0 Å². The van der Waals surface area contributed by atoms with Crippen LogP contribution in [0.3, 0.4) is 0 Å². The predicted octanol–water partition coefficient (Wildman–Crippen LogP) is 0.794. The van der Waals surface area contributed by atoms with Crippen molar-refractivity contribution in [1.29, 1.82) is 0 Å². The Labute approximate surface area is 116 Å². The molecule has 1 aromatic rings. The SMILES string of the molecule is C[C@H]1CNCCN1C(=O)COc1ccc([N+](=O)[O-])cc1.